The molecule has 1 aliphatic heterocycles. The van der Waals surface area contributed by atoms with Crippen LogP contribution in [0.1, 0.15) is 31.4 Å². The lowest BCUT2D eigenvalue weighted by Crippen LogP contribution is -2.31. The summed E-state index contributed by atoms with van der Waals surface area (Å²) in [7, 11) is 0. The van der Waals surface area contributed by atoms with Gasteiger partial charge in [-0.1, -0.05) is 11.3 Å². The number of hydrogen-bond donors (Lipinski definition) is 3. The number of nitrogens with one attached hydrogen (secondary N) is 3. The van der Waals surface area contributed by atoms with Crippen LogP contribution in [0, 0.1) is 5.92 Å². The van der Waals surface area contributed by atoms with Crippen LogP contribution < -0.4 is 15.5 Å². The monoisotopic (exact) mass is 269 g/mol. The van der Waals surface area contributed by atoms with E-state index in [0.29, 0.717) is 18.9 Å². The highest BCUT2D eigenvalue weighted by atomic mass is 32.1. The number of rotatable bonds is 5. The SMILES string of the molecule is O=C(CCC1CCCNC1)NCc1csc(=O)[nH]1. The Labute approximate surface area is 110 Å². The first-order valence-corrected chi connectivity index (χ1v) is 7.26. The molecule has 18 heavy (non-hydrogen) atoms. The zero-order valence-electron chi connectivity index (χ0n) is 10.3. The molecule has 0 bridgehead atoms. The lowest BCUT2D eigenvalue weighted by molar-refractivity contribution is -0.121. The molecule has 6 heteroatoms. The molecule has 0 saturated carbocycles. The van der Waals surface area contributed by atoms with Crippen LogP contribution in [0.15, 0.2) is 10.2 Å². The third-order valence-electron chi connectivity index (χ3n) is 3.23. The Bertz CT molecular complexity index is 435. The number of amides is 1. The van der Waals surface area contributed by atoms with Crippen LogP contribution in [0.4, 0.5) is 0 Å². The molecule has 3 N–H and O–H groups in total. The molecule has 5 nitrogen and oxygen atoms in total. The van der Waals surface area contributed by atoms with Gasteiger partial charge in [0.15, 0.2) is 0 Å². The molecule has 0 aromatic carbocycles. The topological polar surface area (TPSA) is 74.0 Å². The summed E-state index contributed by atoms with van der Waals surface area (Å²) in [5.41, 5.74) is 0.776. The molecule has 1 unspecified atom stereocenters. The van der Waals surface area contributed by atoms with Gasteiger partial charge in [-0.2, -0.15) is 0 Å². The fourth-order valence-electron chi connectivity index (χ4n) is 2.19. The molecule has 0 spiro atoms. The lowest BCUT2D eigenvalue weighted by Gasteiger charge is -2.22. The molecule has 0 radical (unpaired) electrons. The van der Waals surface area contributed by atoms with Crippen molar-refractivity contribution in [3.63, 3.8) is 0 Å². The number of thiazole rings is 1. The summed E-state index contributed by atoms with van der Waals surface area (Å²) >= 11 is 1.12. The largest absolute Gasteiger partial charge is 0.351 e. The first-order valence-electron chi connectivity index (χ1n) is 6.38. The maximum Gasteiger partial charge on any atom is 0.304 e. The van der Waals surface area contributed by atoms with E-state index in [2.05, 4.69) is 15.6 Å². The third kappa shape index (κ3) is 4.27. The quantitative estimate of drug-likeness (QED) is 0.741. The number of piperidine rings is 1. The number of hydrogen-bond acceptors (Lipinski definition) is 4. The molecule has 1 aromatic heterocycles. The van der Waals surface area contributed by atoms with E-state index in [1.807, 2.05) is 0 Å². The highest BCUT2D eigenvalue weighted by Crippen LogP contribution is 2.15. The average molecular weight is 269 g/mol. The van der Waals surface area contributed by atoms with Crippen molar-refractivity contribution < 1.29 is 4.79 Å². The second kappa shape index (κ2) is 6.70. The highest BCUT2D eigenvalue weighted by molar-refractivity contribution is 7.07. The van der Waals surface area contributed by atoms with E-state index in [4.69, 9.17) is 0 Å². The summed E-state index contributed by atoms with van der Waals surface area (Å²) < 4.78 is 0. The Morgan fingerprint density at radius 1 is 1.56 bits per heavy atom. The zero-order chi connectivity index (χ0) is 12.8. The summed E-state index contributed by atoms with van der Waals surface area (Å²) in [6.07, 6.45) is 3.94. The van der Waals surface area contributed by atoms with Crippen LogP contribution in [0.5, 0.6) is 0 Å². The van der Waals surface area contributed by atoms with Gasteiger partial charge in [0.25, 0.3) is 0 Å². The van der Waals surface area contributed by atoms with Crippen molar-refractivity contribution in [3.05, 3.63) is 20.7 Å². The van der Waals surface area contributed by atoms with Crippen LogP contribution in [0.25, 0.3) is 0 Å². The molecule has 2 heterocycles. The van der Waals surface area contributed by atoms with Crippen LogP contribution in [0.2, 0.25) is 0 Å². The number of carbonyl (C=O) groups is 1. The van der Waals surface area contributed by atoms with E-state index in [1.54, 1.807) is 5.38 Å². The van der Waals surface area contributed by atoms with Crippen LogP contribution >= 0.6 is 11.3 Å². The van der Waals surface area contributed by atoms with Gasteiger partial charge in [-0.25, -0.2) is 0 Å². The fraction of sp³-hybridized carbons (Fsp3) is 0.667. The standard InChI is InChI=1S/C12H19N3O2S/c16-11(4-3-9-2-1-5-13-6-9)14-7-10-8-18-12(17)15-10/h8-9,13H,1-7H2,(H,14,16)(H,15,17). The van der Waals surface area contributed by atoms with E-state index < -0.39 is 0 Å². The van der Waals surface area contributed by atoms with Crippen molar-refractivity contribution in [2.24, 2.45) is 5.92 Å². The summed E-state index contributed by atoms with van der Waals surface area (Å²) in [6, 6.07) is 0. The molecule has 1 amide bonds. The third-order valence-corrected chi connectivity index (χ3v) is 3.94. The summed E-state index contributed by atoms with van der Waals surface area (Å²) in [6.45, 7) is 2.56. The van der Waals surface area contributed by atoms with Crippen LogP contribution in [-0.4, -0.2) is 24.0 Å². The molecule has 2 rings (SSSR count). The van der Waals surface area contributed by atoms with E-state index >= 15 is 0 Å². The van der Waals surface area contributed by atoms with Gasteiger partial charge in [0.1, 0.15) is 0 Å². The molecule has 1 saturated heterocycles. The first-order chi connectivity index (χ1) is 8.74. The van der Waals surface area contributed by atoms with Crippen molar-refractivity contribution in [3.8, 4) is 0 Å². The minimum absolute atomic E-state index is 0.0626. The molecule has 1 fully saturated rings. The number of carbonyl (C=O) groups excluding carboxylic acids is 1. The van der Waals surface area contributed by atoms with E-state index in [9.17, 15) is 9.59 Å². The lowest BCUT2D eigenvalue weighted by atomic mass is 9.94. The predicted molar refractivity (Wildman–Crippen MR) is 71.6 cm³/mol. The van der Waals surface area contributed by atoms with E-state index in [-0.39, 0.29) is 10.8 Å². The minimum Gasteiger partial charge on any atom is -0.351 e. The Morgan fingerprint density at radius 3 is 3.11 bits per heavy atom. The minimum atomic E-state index is -0.0764. The second-order valence-electron chi connectivity index (χ2n) is 4.70. The highest BCUT2D eigenvalue weighted by Gasteiger charge is 2.14. The number of aromatic nitrogens is 1. The van der Waals surface area contributed by atoms with Gasteiger partial charge in [0.2, 0.25) is 5.91 Å². The molecule has 1 aromatic rings. The Balaban J connectivity index is 1.64. The Kier molecular flexibility index (Phi) is 4.95. The van der Waals surface area contributed by atoms with Gasteiger partial charge in [-0.05, 0) is 38.3 Å². The summed E-state index contributed by atoms with van der Waals surface area (Å²) in [5, 5.41) is 7.92. The molecule has 1 aliphatic rings. The summed E-state index contributed by atoms with van der Waals surface area (Å²) in [4.78, 5) is 25.2. The predicted octanol–water partition coefficient (Wildman–Crippen LogP) is 0.832. The zero-order valence-corrected chi connectivity index (χ0v) is 11.1. The maximum atomic E-state index is 11.6. The van der Waals surface area contributed by atoms with Gasteiger partial charge in [-0.15, -0.1) is 0 Å². The Hall–Kier alpha value is -1.14. The molecular formula is C12H19N3O2S. The fourth-order valence-corrected chi connectivity index (χ4v) is 2.77. The van der Waals surface area contributed by atoms with Crippen molar-refractivity contribution >= 4 is 17.2 Å². The van der Waals surface area contributed by atoms with Crippen molar-refractivity contribution in [2.45, 2.75) is 32.2 Å². The van der Waals surface area contributed by atoms with Crippen molar-refractivity contribution in [1.82, 2.24) is 15.6 Å². The average Bonchev–Trinajstić information content (AvgIpc) is 2.81. The van der Waals surface area contributed by atoms with Crippen LogP contribution in [-0.2, 0) is 11.3 Å². The normalized spacial score (nSPS) is 19.7. The van der Waals surface area contributed by atoms with Gasteiger partial charge in [0, 0.05) is 17.5 Å². The van der Waals surface area contributed by atoms with Gasteiger partial charge in [0.05, 0.1) is 6.54 Å². The first kappa shape index (κ1) is 13.3. The van der Waals surface area contributed by atoms with Gasteiger partial charge in [-0.3, -0.25) is 9.59 Å². The molecule has 0 aliphatic carbocycles. The number of aromatic amines is 1. The van der Waals surface area contributed by atoms with Gasteiger partial charge >= 0.3 is 4.87 Å². The van der Waals surface area contributed by atoms with Gasteiger partial charge < -0.3 is 15.6 Å². The van der Waals surface area contributed by atoms with E-state index in [0.717, 1.165) is 36.5 Å². The molecule has 1 atom stereocenters. The maximum absolute atomic E-state index is 11.6. The van der Waals surface area contributed by atoms with Crippen molar-refractivity contribution in [2.75, 3.05) is 13.1 Å². The van der Waals surface area contributed by atoms with Crippen molar-refractivity contribution in [1.29, 1.82) is 0 Å². The second-order valence-corrected chi connectivity index (χ2v) is 5.54. The van der Waals surface area contributed by atoms with Crippen LogP contribution in [0.3, 0.4) is 0 Å². The van der Waals surface area contributed by atoms with E-state index in [1.165, 1.54) is 12.8 Å². The summed E-state index contributed by atoms with van der Waals surface area (Å²) in [5.74, 6) is 0.693. The Morgan fingerprint density at radius 2 is 2.44 bits per heavy atom. The number of H-pyrrole nitrogens is 1. The molecule has 100 valence electrons. The smallest absolute Gasteiger partial charge is 0.304 e. The molecular weight excluding hydrogens is 250 g/mol.